The van der Waals surface area contributed by atoms with Gasteiger partial charge in [-0.3, -0.25) is 10.1 Å². The second kappa shape index (κ2) is 5.69. The van der Waals surface area contributed by atoms with E-state index in [9.17, 15) is 10.1 Å². The van der Waals surface area contributed by atoms with Crippen molar-refractivity contribution in [2.24, 2.45) is 11.7 Å². The number of fused-ring (bicyclic) bond motifs is 1. The van der Waals surface area contributed by atoms with E-state index in [1.807, 2.05) is 0 Å². The third-order valence-electron chi connectivity index (χ3n) is 4.04. The van der Waals surface area contributed by atoms with E-state index < -0.39 is 4.92 Å². The third kappa shape index (κ3) is 2.69. The molecule has 0 atom stereocenters. The number of oxazole rings is 1. The molecule has 1 aromatic carbocycles. The number of aromatic nitrogens is 1. The SMILES string of the molecule is NCCC1CCN(c2nc3c([N+](=O)[O-])cccc3o2)CC1. The number of non-ortho nitro benzene ring substituents is 1. The van der Waals surface area contributed by atoms with Crippen molar-refractivity contribution < 1.29 is 9.34 Å². The van der Waals surface area contributed by atoms with E-state index in [1.165, 1.54) is 6.07 Å². The van der Waals surface area contributed by atoms with Crippen LogP contribution in [0.3, 0.4) is 0 Å². The van der Waals surface area contributed by atoms with Crippen LogP contribution < -0.4 is 10.6 Å². The lowest BCUT2D eigenvalue weighted by molar-refractivity contribution is -0.383. The largest absolute Gasteiger partial charge is 0.423 e. The highest BCUT2D eigenvalue weighted by molar-refractivity contribution is 5.84. The first-order chi connectivity index (χ1) is 10.2. The molecule has 21 heavy (non-hydrogen) atoms. The van der Waals surface area contributed by atoms with Crippen LogP contribution in [0.5, 0.6) is 0 Å². The molecule has 1 fully saturated rings. The standard InChI is InChI=1S/C14H18N4O3/c15-7-4-10-5-8-17(9-6-10)14-16-13-11(18(19)20)2-1-3-12(13)21-14/h1-3,10H,4-9,15H2. The third-order valence-corrected chi connectivity index (χ3v) is 4.04. The summed E-state index contributed by atoms with van der Waals surface area (Å²) >= 11 is 0. The fourth-order valence-corrected chi connectivity index (χ4v) is 2.85. The number of nitro groups is 1. The Balaban J connectivity index is 1.82. The van der Waals surface area contributed by atoms with Crippen LogP contribution in [0.2, 0.25) is 0 Å². The smallest absolute Gasteiger partial charge is 0.298 e. The summed E-state index contributed by atoms with van der Waals surface area (Å²) in [5.74, 6) is 0.657. The van der Waals surface area contributed by atoms with Crippen molar-refractivity contribution in [3.05, 3.63) is 28.3 Å². The van der Waals surface area contributed by atoms with Gasteiger partial charge < -0.3 is 15.1 Å². The van der Waals surface area contributed by atoms with Gasteiger partial charge in [0.25, 0.3) is 11.7 Å². The zero-order valence-corrected chi connectivity index (χ0v) is 11.7. The minimum Gasteiger partial charge on any atom is -0.423 e. The van der Waals surface area contributed by atoms with Crippen molar-refractivity contribution in [3.63, 3.8) is 0 Å². The summed E-state index contributed by atoms with van der Waals surface area (Å²) in [5.41, 5.74) is 6.36. The summed E-state index contributed by atoms with van der Waals surface area (Å²) in [6.07, 6.45) is 3.16. The zero-order valence-electron chi connectivity index (χ0n) is 11.7. The van der Waals surface area contributed by atoms with Gasteiger partial charge in [0.2, 0.25) is 0 Å². The molecule has 2 aromatic rings. The molecular weight excluding hydrogens is 272 g/mol. The predicted molar refractivity (Wildman–Crippen MR) is 79.3 cm³/mol. The second-order valence-corrected chi connectivity index (χ2v) is 5.39. The van der Waals surface area contributed by atoms with E-state index in [-0.39, 0.29) is 5.69 Å². The molecule has 0 aliphatic carbocycles. The Morgan fingerprint density at radius 1 is 1.43 bits per heavy atom. The average Bonchev–Trinajstić information content (AvgIpc) is 2.92. The monoisotopic (exact) mass is 290 g/mol. The maximum atomic E-state index is 11.0. The molecule has 0 amide bonds. The Kier molecular flexibility index (Phi) is 3.74. The lowest BCUT2D eigenvalue weighted by atomic mass is 9.94. The van der Waals surface area contributed by atoms with Gasteiger partial charge >= 0.3 is 0 Å². The molecule has 2 heterocycles. The maximum absolute atomic E-state index is 11.0. The first-order valence-electron chi connectivity index (χ1n) is 7.18. The van der Waals surface area contributed by atoms with Gasteiger partial charge in [-0.15, -0.1) is 0 Å². The molecule has 1 aromatic heterocycles. The average molecular weight is 290 g/mol. The van der Waals surface area contributed by atoms with Crippen molar-refractivity contribution in [1.29, 1.82) is 0 Å². The first-order valence-corrected chi connectivity index (χ1v) is 7.18. The molecule has 0 saturated carbocycles. The van der Waals surface area contributed by atoms with Crippen LogP contribution >= 0.6 is 0 Å². The number of anilines is 1. The molecule has 7 heteroatoms. The van der Waals surface area contributed by atoms with Crippen LogP contribution in [-0.2, 0) is 0 Å². The molecule has 1 aliphatic rings. The first kappa shape index (κ1) is 13.8. The minimum atomic E-state index is -0.428. The van der Waals surface area contributed by atoms with Gasteiger partial charge in [-0.05, 0) is 37.8 Å². The van der Waals surface area contributed by atoms with E-state index in [0.29, 0.717) is 23.0 Å². The van der Waals surface area contributed by atoms with Gasteiger partial charge in [-0.2, -0.15) is 4.98 Å². The highest BCUT2D eigenvalue weighted by Crippen LogP contribution is 2.31. The lowest BCUT2D eigenvalue weighted by Crippen LogP contribution is -2.34. The number of nitro benzene ring substituents is 1. The normalized spacial score (nSPS) is 16.5. The Hall–Kier alpha value is -2.15. The molecule has 1 aliphatic heterocycles. The van der Waals surface area contributed by atoms with Gasteiger partial charge in [0, 0.05) is 19.2 Å². The number of para-hydroxylation sites is 1. The summed E-state index contributed by atoms with van der Waals surface area (Å²) in [4.78, 5) is 17.0. The summed E-state index contributed by atoms with van der Waals surface area (Å²) < 4.78 is 5.68. The van der Waals surface area contributed by atoms with Crippen molar-refractivity contribution >= 4 is 22.8 Å². The molecule has 7 nitrogen and oxygen atoms in total. The highest BCUT2D eigenvalue weighted by atomic mass is 16.6. The lowest BCUT2D eigenvalue weighted by Gasteiger charge is -2.30. The Morgan fingerprint density at radius 3 is 2.86 bits per heavy atom. The molecule has 3 rings (SSSR count). The molecule has 0 radical (unpaired) electrons. The molecule has 0 unspecified atom stereocenters. The summed E-state index contributed by atoms with van der Waals surface area (Å²) in [5, 5.41) is 11.0. The fourth-order valence-electron chi connectivity index (χ4n) is 2.85. The van der Waals surface area contributed by atoms with Crippen LogP contribution in [0.4, 0.5) is 11.7 Å². The molecule has 0 bridgehead atoms. The van der Waals surface area contributed by atoms with Gasteiger partial charge in [0.05, 0.1) is 4.92 Å². The van der Waals surface area contributed by atoms with Crippen molar-refractivity contribution in [1.82, 2.24) is 4.98 Å². The molecule has 0 spiro atoms. The summed E-state index contributed by atoms with van der Waals surface area (Å²) in [6, 6.07) is 5.25. The highest BCUT2D eigenvalue weighted by Gasteiger charge is 2.24. The van der Waals surface area contributed by atoms with E-state index in [2.05, 4.69) is 9.88 Å². The summed E-state index contributed by atoms with van der Waals surface area (Å²) in [7, 11) is 0. The molecule has 2 N–H and O–H groups in total. The minimum absolute atomic E-state index is 0.0134. The molecular formula is C14H18N4O3. The van der Waals surface area contributed by atoms with E-state index >= 15 is 0 Å². The van der Waals surface area contributed by atoms with Crippen molar-refractivity contribution in [2.75, 3.05) is 24.5 Å². The van der Waals surface area contributed by atoms with Crippen molar-refractivity contribution in [3.8, 4) is 0 Å². The predicted octanol–water partition coefficient (Wildman–Crippen LogP) is 2.30. The van der Waals surface area contributed by atoms with Gasteiger partial charge in [-0.25, -0.2) is 0 Å². The number of nitrogens with zero attached hydrogens (tertiary/aromatic N) is 3. The number of piperidine rings is 1. The molecule has 112 valence electrons. The number of hydrogen-bond donors (Lipinski definition) is 1. The van der Waals surface area contributed by atoms with E-state index in [0.717, 1.165) is 38.9 Å². The summed E-state index contributed by atoms with van der Waals surface area (Å²) in [6.45, 7) is 2.43. The number of benzene rings is 1. The maximum Gasteiger partial charge on any atom is 0.298 e. The number of rotatable bonds is 4. The van der Waals surface area contributed by atoms with Crippen molar-refractivity contribution in [2.45, 2.75) is 19.3 Å². The van der Waals surface area contributed by atoms with Gasteiger partial charge in [0.15, 0.2) is 11.1 Å². The quantitative estimate of drug-likeness (QED) is 0.685. The van der Waals surface area contributed by atoms with Crippen LogP contribution in [-0.4, -0.2) is 29.5 Å². The van der Waals surface area contributed by atoms with Crippen LogP contribution in [0.15, 0.2) is 22.6 Å². The number of nitrogens with two attached hydrogens (primary N) is 1. The van der Waals surface area contributed by atoms with E-state index in [4.69, 9.17) is 10.2 Å². The van der Waals surface area contributed by atoms with Gasteiger partial charge in [-0.1, -0.05) is 6.07 Å². The van der Waals surface area contributed by atoms with Gasteiger partial charge in [0.1, 0.15) is 0 Å². The zero-order chi connectivity index (χ0) is 14.8. The van der Waals surface area contributed by atoms with Crippen LogP contribution in [0.1, 0.15) is 19.3 Å². The van der Waals surface area contributed by atoms with E-state index in [1.54, 1.807) is 12.1 Å². The van der Waals surface area contributed by atoms with Crippen LogP contribution in [0, 0.1) is 16.0 Å². The van der Waals surface area contributed by atoms with Crippen LogP contribution in [0.25, 0.3) is 11.1 Å². The second-order valence-electron chi connectivity index (χ2n) is 5.39. The Labute approximate surface area is 121 Å². The molecule has 1 saturated heterocycles. The fraction of sp³-hybridized carbons (Fsp3) is 0.500. The Morgan fingerprint density at radius 2 is 2.19 bits per heavy atom. The topological polar surface area (TPSA) is 98.4 Å². The number of hydrogen-bond acceptors (Lipinski definition) is 6. The Bertz CT molecular complexity index is 647.